The van der Waals surface area contributed by atoms with Gasteiger partial charge in [-0.1, -0.05) is 146 Å². The summed E-state index contributed by atoms with van der Waals surface area (Å²) in [5.74, 6) is 0.700. The number of para-hydroxylation sites is 1. The predicted molar refractivity (Wildman–Crippen MR) is 214 cm³/mol. The normalized spacial score (nSPS) is 11.4. The van der Waals surface area contributed by atoms with E-state index in [2.05, 4.69) is 91.0 Å². The average Bonchev–Trinajstić information content (AvgIpc) is 3.69. The van der Waals surface area contributed by atoms with Crippen molar-refractivity contribution in [2.45, 2.75) is 0 Å². The first-order valence-corrected chi connectivity index (χ1v) is 17.6. The molecule has 0 unspecified atom stereocenters. The molecule has 6 nitrogen and oxygen atoms in total. The zero-order valence-electron chi connectivity index (χ0n) is 28.5. The first-order valence-electron chi connectivity index (χ1n) is 17.6. The second-order valence-electron chi connectivity index (χ2n) is 13.0. The molecule has 0 radical (unpaired) electrons. The van der Waals surface area contributed by atoms with Gasteiger partial charge in [0.2, 0.25) is 0 Å². The van der Waals surface area contributed by atoms with Crippen LogP contribution in [0, 0.1) is 0 Å². The summed E-state index contributed by atoms with van der Waals surface area (Å²) < 4.78 is 0. The van der Waals surface area contributed by atoms with E-state index in [1.54, 1.807) is 4.80 Å². The molecule has 0 N–H and O–H groups in total. The van der Waals surface area contributed by atoms with Gasteiger partial charge in [-0.2, -0.15) is 4.80 Å². The van der Waals surface area contributed by atoms with Crippen LogP contribution in [0.5, 0.6) is 0 Å². The molecule has 0 bridgehead atoms. The van der Waals surface area contributed by atoms with Crippen molar-refractivity contribution in [2.75, 3.05) is 0 Å². The van der Waals surface area contributed by atoms with Gasteiger partial charge in [-0.3, -0.25) is 0 Å². The minimum atomic E-state index is 0.700. The Morgan fingerprint density at radius 2 is 0.906 bits per heavy atom. The number of benzene rings is 7. The van der Waals surface area contributed by atoms with Crippen LogP contribution in [0.4, 0.5) is 0 Å². The van der Waals surface area contributed by atoms with E-state index in [4.69, 9.17) is 25.1 Å². The highest BCUT2D eigenvalue weighted by atomic mass is 15.5. The van der Waals surface area contributed by atoms with Gasteiger partial charge in [-0.05, 0) is 47.5 Å². The zero-order valence-corrected chi connectivity index (χ0v) is 28.5. The van der Waals surface area contributed by atoms with Crippen molar-refractivity contribution >= 4 is 32.7 Å². The molecule has 10 aromatic rings. The molecule has 0 amide bonds. The van der Waals surface area contributed by atoms with Crippen LogP contribution in [0.15, 0.2) is 182 Å². The number of aromatic nitrogens is 6. The molecule has 6 heteroatoms. The maximum Gasteiger partial charge on any atom is 0.160 e. The number of hydrogen-bond donors (Lipinski definition) is 0. The Hall–Kier alpha value is -7.31. The third kappa shape index (κ3) is 5.59. The lowest BCUT2D eigenvalue weighted by atomic mass is 9.96. The van der Waals surface area contributed by atoms with Crippen molar-refractivity contribution in [3.8, 4) is 62.0 Å². The van der Waals surface area contributed by atoms with Gasteiger partial charge in [0.05, 0.1) is 28.3 Å². The zero-order chi connectivity index (χ0) is 35.1. The standard InChI is InChI=1S/C47H30N6/c1-5-13-32(14-6-1)41-30-42(50-47(49-41)35-17-9-3-10-18-35)33-23-21-31(22-24-33)36-25-26-38-43(29-36)48-45(34-15-7-2-8-16-34)39-27-28-40-46(44(38)39)52-53(51-40)37-19-11-4-12-20-37/h1-30H. The van der Waals surface area contributed by atoms with Crippen molar-refractivity contribution in [1.29, 1.82) is 0 Å². The Morgan fingerprint density at radius 3 is 1.58 bits per heavy atom. The lowest BCUT2D eigenvalue weighted by Gasteiger charge is -2.12. The molecule has 0 aliphatic heterocycles. The highest BCUT2D eigenvalue weighted by molar-refractivity contribution is 6.21. The molecule has 0 fully saturated rings. The van der Waals surface area contributed by atoms with Crippen LogP contribution >= 0.6 is 0 Å². The van der Waals surface area contributed by atoms with Crippen LogP contribution in [-0.2, 0) is 0 Å². The minimum absolute atomic E-state index is 0.700. The fraction of sp³-hybridized carbons (Fsp3) is 0. The third-order valence-electron chi connectivity index (χ3n) is 9.68. The molecule has 0 aliphatic rings. The highest BCUT2D eigenvalue weighted by Gasteiger charge is 2.18. The summed E-state index contributed by atoms with van der Waals surface area (Å²) in [7, 11) is 0. The van der Waals surface area contributed by atoms with Gasteiger partial charge in [-0.25, -0.2) is 15.0 Å². The molecule has 0 atom stereocenters. The number of rotatable bonds is 6. The van der Waals surface area contributed by atoms with Crippen LogP contribution in [0.25, 0.3) is 94.7 Å². The van der Waals surface area contributed by atoms with Crippen molar-refractivity contribution in [2.24, 2.45) is 0 Å². The second-order valence-corrected chi connectivity index (χ2v) is 13.0. The lowest BCUT2D eigenvalue weighted by Crippen LogP contribution is -1.97. The van der Waals surface area contributed by atoms with Gasteiger partial charge in [0.15, 0.2) is 5.82 Å². The van der Waals surface area contributed by atoms with Gasteiger partial charge < -0.3 is 0 Å². The summed E-state index contributed by atoms with van der Waals surface area (Å²) in [4.78, 5) is 17.0. The van der Waals surface area contributed by atoms with E-state index in [0.29, 0.717) is 5.82 Å². The SMILES string of the molecule is c1ccc(-c2cc(-c3ccc(-c4ccc5c(c4)nc(-c4ccccc4)c4ccc6nn(-c7ccccc7)nc6c45)cc3)nc(-c3ccccc3)n2)cc1. The molecule has 3 aromatic heterocycles. The van der Waals surface area contributed by atoms with Crippen molar-refractivity contribution in [3.63, 3.8) is 0 Å². The third-order valence-corrected chi connectivity index (χ3v) is 9.68. The van der Waals surface area contributed by atoms with Gasteiger partial charge in [0, 0.05) is 38.4 Å². The molecule has 0 saturated carbocycles. The number of nitrogens with zero attached hydrogens (tertiary/aromatic N) is 6. The quantitative estimate of drug-likeness (QED) is 0.164. The van der Waals surface area contributed by atoms with E-state index in [9.17, 15) is 0 Å². The van der Waals surface area contributed by atoms with Crippen LogP contribution in [0.1, 0.15) is 0 Å². The van der Waals surface area contributed by atoms with Gasteiger partial charge in [0.25, 0.3) is 0 Å². The topological polar surface area (TPSA) is 69.4 Å². The number of hydrogen-bond acceptors (Lipinski definition) is 5. The summed E-state index contributed by atoms with van der Waals surface area (Å²) in [5.41, 5.74) is 12.5. The molecule has 0 spiro atoms. The van der Waals surface area contributed by atoms with E-state index in [0.717, 1.165) is 88.9 Å². The van der Waals surface area contributed by atoms with E-state index in [-0.39, 0.29) is 0 Å². The molecular weight excluding hydrogens is 649 g/mol. The van der Waals surface area contributed by atoms with Gasteiger partial charge in [-0.15, -0.1) is 10.2 Å². The fourth-order valence-electron chi connectivity index (χ4n) is 7.04. The van der Waals surface area contributed by atoms with E-state index >= 15 is 0 Å². The number of pyridine rings is 1. The Kier molecular flexibility index (Phi) is 7.36. The van der Waals surface area contributed by atoms with Crippen LogP contribution in [-0.4, -0.2) is 29.9 Å². The summed E-state index contributed by atoms with van der Waals surface area (Å²) in [5, 5.41) is 13.0. The van der Waals surface area contributed by atoms with Crippen LogP contribution in [0.3, 0.4) is 0 Å². The molecule has 7 aromatic carbocycles. The van der Waals surface area contributed by atoms with E-state index < -0.39 is 0 Å². The molecular formula is C47H30N6. The van der Waals surface area contributed by atoms with Crippen molar-refractivity contribution < 1.29 is 0 Å². The predicted octanol–water partition coefficient (Wildman–Crippen LogP) is 11.2. The monoisotopic (exact) mass is 678 g/mol. The fourth-order valence-corrected chi connectivity index (χ4v) is 7.04. The number of fused-ring (bicyclic) bond motifs is 5. The molecule has 248 valence electrons. The Balaban J connectivity index is 1.09. The van der Waals surface area contributed by atoms with E-state index in [1.165, 1.54) is 0 Å². The summed E-state index contributed by atoms with van der Waals surface area (Å²) in [6, 6.07) is 62.2. The summed E-state index contributed by atoms with van der Waals surface area (Å²) >= 11 is 0. The molecule has 53 heavy (non-hydrogen) atoms. The second kappa shape index (κ2) is 12.8. The lowest BCUT2D eigenvalue weighted by molar-refractivity contribution is 0.766. The first kappa shape index (κ1) is 30.5. The smallest absolute Gasteiger partial charge is 0.160 e. The molecule has 3 heterocycles. The Labute approximate surface area is 305 Å². The molecule has 0 saturated heterocycles. The minimum Gasteiger partial charge on any atom is -0.247 e. The average molecular weight is 679 g/mol. The molecule has 10 rings (SSSR count). The van der Waals surface area contributed by atoms with Crippen molar-refractivity contribution in [3.05, 3.63) is 182 Å². The van der Waals surface area contributed by atoms with Crippen molar-refractivity contribution in [1.82, 2.24) is 29.9 Å². The largest absolute Gasteiger partial charge is 0.247 e. The highest BCUT2D eigenvalue weighted by Crippen LogP contribution is 2.38. The molecule has 0 aliphatic carbocycles. The maximum absolute atomic E-state index is 5.30. The first-order chi connectivity index (χ1) is 26.2. The summed E-state index contributed by atoms with van der Waals surface area (Å²) in [6.45, 7) is 0. The Bertz CT molecular complexity index is 2850. The van der Waals surface area contributed by atoms with Gasteiger partial charge in [0.1, 0.15) is 11.0 Å². The Morgan fingerprint density at radius 1 is 0.358 bits per heavy atom. The van der Waals surface area contributed by atoms with E-state index in [1.807, 2.05) is 91.0 Å². The maximum atomic E-state index is 5.30. The van der Waals surface area contributed by atoms with Crippen LogP contribution < -0.4 is 0 Å². The van der Waals surface area contributed by atoms with Gasteiger partial charge >= 0.3 is 0 Å². The van der Waals surface area contributed by atoms with Crippen LogP contribution in [0.2, 0.25) is 0 Å². The summed E-state index contributed by atoms with van der Waals surface area (Å²) in [6.07, 6.45) is 0.